The molecule has 0 saturated heterocycles. The maximum atomic E-state index is 2.72. The topological polar surface area (TPSA) is 0 Å². The summed E-state index contributed by atoms with van der Waals surface area (Å²) in [7, 11) is 0. The van der Waals surface area contributed by atoms with Gasteiger partial charge in [0.2, 0.25) is 0 Å². The first-order chi connectivity index (χ1) is 16.2. The van der Waals surface area contributed by atoms with Gasteiger partial charge in [-0.15, -0.1) is 24.8 Å². The minimum Gasteiger partial charge on any atom is -0.147 e. The van der Waals surface area contributed by atoms with Gasteiger partial charge in [-0.05, 0) is 0 Å². The molecule has 0 radical (unpaired) electrons. The maximum Gasteiger partial charge on any atom is -0.147 e. The molecular formula is C32H34Cl2SiZr. The van der Waals surface area contributed by atoms with Crippen molar-refractivity contribution in [3.63, 3.8) is 0 Å². The number of benzene rings is 4. The standard InChI is InChI=1S/C15H13.C15H11.2CH3.2ClH.H2Si.Zr/c1-10-3-5-14-12(7-10)9-13-8-11(2)4-6-15(13)14;1-2-6-12(7-3-1)15-11-10-13-8-4-5-9-14(13)15;;;;;;/h3-9H,1-2H3;1-11H;2*1H3;2*1H;1H2;. The Balaban J connectivity index is 0.00000152. The Morgan fingerprint density at radius 2 is 1.14 bits per heavy atom. The van der Waals surface area contributed by atoms with E-state index in [1.807, 2.05) is 0 Å². The number of hydrogen-bond acceptors (Lipinski definition) is 0. The predicted octanol–water partition coefficient (Wildman–Crippen LogP) is 8.74. The largest absolute Gasteiger partial charge is 0.147 e. The summed E-state index contributed by atoms with van der Waals surface area (Å²) in [6.07, 6.45) is 2.65. The zero-order valence-corrected chi connectivity index (χ0v) is 26.9. The van der Waals surface area contributed by atoms with Crippen molar-refractivity contribution in [3.05, 3.63) is 136 Å². The van der Waals surface area contributed by atoms with Gasteiger partial charge in [-0.25, -0.2) is 0 Å². The second-order valence-corrected chi connectivity index (χ2v) is 42.1. The van der Waals surface area contributed by atoms with E-state index in [1.54, 1.807) is 16.7 Å². The molecule has 2 aliphatic carbocycles. The van der Waals surface area contributed by atoms with Crippen LogP contribution in [0.25, 0.3) is 16.7 Å². The molecule has 4 aromatic carbocycles. The third-order valence-corrected chi connectivity index (χ3v) is 25.7. The molecule has 184 valence electrons. The second-order valence-electron chi connectivity index (χ2n) is 11.6. The quantitative estimate of drug-likeness (QED) is 0.204. The molecule has 1 unspecified atom stereocenters. The van der Waals surface area contributed by atoms with Crippen LogP contribution in [0.15, 0.2) is 97.1 Å². The van der Waals surface area contributed by atoms with E-state index in [0.717, 1.165) is 0 Å². The molecule has 0 saturated carbocycles. The van der Waals surface area contributed by atoms with Gasteiger partial charge >= 0.3 is 207 Å². The molecule has 0 heterocycles. The van der Waals surface area contributed by atoms with Crippen molar-refractivity contribution in [1.82, 2.24) is 0 Å². The van der Waals surface area contributed by atoms with Crippen LogP contribution < -0.4 is 0 Å². The second kappa shape index (κ2) is 9.55. The van der Waals surface area contributed by atoms with E-state index in [2.05, 4.69) is 127 Å². The number of aryl methyl sites for hydroxylation is 2. The van der Waals surface area contributed by atoms with E-state index in [-0.39, 0.29) is 24.8 Å². The molecule has 2 aliphatic rings. The molecule has 0 aliphatic heterocycles. The van der Waals surface area contributed by atoms with Gasteiger partial charge in [0.25, 0.3) is 0 Å². The first-order valence-corrected chi connectivity index (χ1v) is 26.1. The third kappa shape index (κ3) is 4.15. The molecular weight excluding hydrogens is 575 g/mol. The van der Waals surface area contributed by atoms with Crippen LogP contribution in [0.3, 0.4) is 0 Å². The number of hydrogen-bond donors (Lipinski definition) is 0. The summed E-state index contributed by atoms with van der Waals surface area (Å²) in [6.45, 7) is 6.91. The van der Waals surface area contributed by atoms with Crippen LogP contribution in [0.1, 0.15) is 46.2 Å². The van der Waals surface area contributed by atoms with Crippen LogP contribution in [0.2, 0.25) is 9.26 Å². The van der Waals surface area contributed by atoms with Crippen LogP contribution in [0.4, 0.5) is 0 Å². The molecule has 4 aromatic rings. The molecule has 1 atom stereocenters. The van der Waals surface area contributed by atoms with Crippen molar-refractivity contribution in [2.75, 3.05) is 0 Å². The molecule has 0 amide bonds. The third-order valence-electron chi connectivity index (χ3n) is 8.30. The molecule has 0 fully saturated rings. The average molecular weight is 609 g/mol. The Bertz CT molecular complexity index is 1510. The first kappa shape index (κ1) is 27.3. The summed E-state index contributed by atoms with van der Waals surface area (Å²) >= 11 is -3.53. The maximum absolute atomic E-state index is 3.53. The number of fused-ring (bicyclic) bond motifs is 4. The van der Waals surface area contributed by atoms with E-state index >= 15 is 0 Å². The van der Waals surface area contributed by atoms with Crippen molar-refractivity contribution in [2.24, 2.45) is 0 Å². The monoisotopic (exact) mass is 606 g/mol. The summed E-state index contributed by atoms with van der Waals surface area (Å²) in [5, 5.41) is 0. The van der Waals surface area contributed by atoms with Crippen molar-refractivity contribution in [2.45, 2.75) is 30.4 Å². The van der Waals surface area contributed by atoms with E-state index in [9.17, 15) is 0 Å². The predicted molar refractivity (Wildman–Crippen MR) is 161 cm³/mol. The number of allylic oxidation sites excluding steroid dienone is 1. The van der Waals surface area contributed by atoms with Crippen molar-refractivity contribution in [3.8, 4) is 11.1 Å². The van der Waals surface area contributed by atoms with Gasteiger partial charge in [-0.3, -0.25) is 0 Å². The minimum absolute atomic E-state index is 0. The fourth-order valence-corrected chi connectivity index (χ4v) is 23.3. The van der Waals surface area contributed by atoms with Gasteiger partial charge in [0.15, 0.2) is 0 Å². The van der Waals surface area contributed by atoms with Gasteiger partial charge < -0.3 is 0 Å². The van der Waals surface area contributed by atoms with Crippen LogP contribution in [0.5, 0.6) is 0 Å². The SMILES string of the molecule is Cc1ccc2c(c1)[CH]([Zr]([CH3])([CH3])(=[SiH2])[CH]1C=C(c3ccccc3)c3ccccc31)c1cc(C)ccc1-2.Cl.Cl. The van der Waals surface area contributed by atoms with Gasteiger partial charge in [0.1, 0.15) is 0 Å². The molecule has 0 N–H and O–H groups in total. The zero-order chi connectivity index (χ0) is 23.7. The van der Waals surface area contributed by atoms with Crippen LogP contribution in [0, 0.1) is 13.8 Å². The van der Waals surface area contributed by atoms with Crippen molar-refractivity contribution in [1.29, 1.82) is 0 Å². The summed E-state index contributed by atoms with van der Waals surface area (Å²) in [4.78, 5) is 0. The van der Waals surface area contributed by atoms with Crippen LogP contribution in [-0.4, -0.2) is 6.88 Å². The molecule has 36 heavy (non-hydrogen) atoms. The van der Waals surface area contributed by atoms with E-state index in [1.165, 1.54) is 39.0 Å². The fraction of sp³-hybridized carbons (Fsp3) is 0.188. The Kier molecular flexibility index (Phi) is 7.26. The molecule has 0 aromatic heterocycles. The normalized spacial score (nSPS) is 16.2. The first-order valence-electron chi connectivity index (χ1n) is 12.4. The van der Waals surface area contributed by atoms with Gasteiger partial charge in [-0.2, -0.15) is 0 Å². The number of rotatable bonds is 3. The van der Waals surface area contributed by atoms with E-state index in [0.29, 0.717) is 7.25 Å². The molecule has 6 rings (SSSR count). The van der Waals surface area contributed by atoms with Gasteiger partial charge in [0, 0.05) is 0 Å². The zero-order valence-electron chi connectivity index (χ0n) is 21.4. The Morgan fingerprint density at radius 1 is 0.611 bits per heavy atom. The molecule has 4 heteroatoms. The molecule has 0 bridgehead atoms. The van der Waals surface area contributed by atoms with Crippen LogP contribution in [-0.2, 0) is 17.4 Å². The summed E-state index contributed by atoms with van der Waals surface area (Å²) < 4.78 is 6.48. The van der Waals surface area contributed by atoms with Crippen LogP contribution >= 0.6 is 24.8 Å². The number of halogens is 2. The van der Waals surface area contributed by atoms with Crippen molar-refractivity contribution < 1.29 is 17.4 Å². The summed E-state index contributed by atoms with van der Waals surface area (Å²) in [5.41, 5.74) is 14.5. The molecule has 0 spiro atoms. The smallest absolute Gasteiger partial charge is 0.147 e. The van der Waals surface area contributed by atoms with E-state index in [4.69, 9.17) is 0 Å². The van der Waals surface area contributed by atoms with Gasteiger partial charge in [-0.1, -0.05) is 0 Å². The minimum atomic E-state index is -3.53. The van der Waals surface area contributed by atoms with Crippen molar-refractivity contribution >= 4 is 37.3 Å². The fourth-order valence-electron chi connectivity index (χ4n) is 6.71. The summed E-state index contributed by atoms with van der Waals surface area (Å²) in [6, 6.07) is 34.5. The Hall–Kier alpha value is -1.70. The van der Waals surface area contributed by atoms with E-state index < -0.39 is 17.4 Å². The summed E-state index contributed by atoms with van der Waals surface area (Å²) in [5.74, 6) is 0. The molecule has 0 nitrogen and oxygen atoms in total. The van der Waals surface area contributed by atoms with Gasteiger partial charge in [0.05, 0.1) is 0 Å². The Labute approximate surface area is 230 Å². The Morgan fingerprint density at radius 3 is 1.72 bits per heavy atom. The average Bonchev–Trinajstić information content (AvgIpc) is 3.36.